The predicted octanol–water partition coefficient (Wildman–Crippen LogP) is 3.43. The first kappa shape index (κ1) is 11.4. The molecule has 0 saturated carbocycles. The van der Waals surface area contributed by atoms with Crippen molar-refractivity contribution in [2.24, 2.45) is 5.73 Å². The monoisotopic (exact) mass is 274 g/mol. The van der Waals surface area contributed by atoms with Gasteiger partial charge in [0.2, 0.25) is 0 Å². The molecular formula is C13H10N2OS2. The fourth-order valence-corrected chi connectivity index (χ4v) is 3.42. The van der Waals surface area contributed by atoms with Crippen LogP contribution in [0.4, 0.5) is 0 Å². The third kappa shape index (κ3) is 1.91. The molecule has 0 spiro atoms. The second kappa shape index (κ2) is 4.19. The fourth-order valence-electron chi connectivity index (χ4n) is 1.84. The van der Waals surface area contributed by atoms with Crippen LogP contribution in [0.25, 0.3) is 21.3 Å². The molecule has 0 saturated heterocycles. The summed E-state index contributed by atoms with van der Waals surface area (Å²) < 4.78 is 1.18. The van der Waals surface area contributed by atoms with Crippen molar-refractivity contribution in [3.05, 3.63) is 39.5 Å². The van der Waals surface area contributed by atoms with Gasteiger partial charge >= 0.3 is 0 Å². The molecule has 1 amide bonds. The normalized spacial score (nSPS) is 10.9. The molecule has 0 atom stereocenters. The van der Waals surface area contributed by atoms with Crippen molar-refractivity contribution in [1.29, 1.82) is 0 Å². The lowest BCUT2D eigenvalue weighted by molar-refractivity contribution is 0.100. The molecule has 0 aliphatic rings. The number of aryl methyl sites for hydroxylation is 1. The zero-order valence-corrected chi connectivity index (χ0v) is 11.3. The van der Waals surface area contributed by atoms with E-state index in [1.165, 1.54) is 16.0 Å². The van der Waals surface area contributed by atoms with Crippen LogP contribution < -0.4 is 5.73 Å². The molecule has 18 heavy (non-hydrogen) atoms. The van der Waals surface area contributed by atoms with Crippen LogP contribution in [0.1, 0.15) is 14.7 Å². The first-order valence-corrected chi connectivity index (χ1v) is 7.09. The Labute approximate surface area is 112 Å². The molecule has 0 fully saturated rings. The summed E-state index contributed by atoms with van der Waals surface area (Å²) in [7, 11) is 0. The van der Waals surface area contributed by atoms with Crippen LogP contribution in [0.5, 0.6) is 0 Å². The number of carbonyl (C=O) groups excluding carboxylic acids is 1. The predicted molar refractivity (Wildman–Crippen MR) is 76.2 cm³/mol. The summed E-state index contributed by atoms with van der Waals surface area (Å²) in [5.41, 5.74) is 8.34. The van der Waals surface area contributed by atoms with E-state index in [0.717, 1.165) is 21.7 Å². The average molecular weight is 274 g/mol. The second-order valence-corrected chi connectivity index (χ2v) is 6.13. The highest BCUT2D eigenvalue weighted by molar-refractivity contribution is 7.18. The number of benzene rings is 1. The van der Waals surface area contributed by atoms with Gasteiger partial charge in [-0.05, 0) is 41.6 Å². The van der Waals surface area contributed by atoms with Crippen LogP contribution in [0.15, 0.2) is 29.6 Å². The molecule has 1 aromatic carbocycles. The van der Waals surface area contributed by atoms with E-state index in [1.807, 2.05) is 30.5 Å². The molecule has 5 heteroatoms. The van der Waals surface area contributed by atoms with Gasteiger partial charge in [-0.1, -0.05) is 6.07 Å². The molecule has 0 aliphatic carbocycles. The van der Waals surface area contributed by atoms with E-state index >= 15 is 0 Å². The zero-order valence-electron chi connectivity index (χ0n) is 9.64. The molecule has 0 unspecified atom stereocenters. The SMILES string of the molecule is Cc1nc2cc(-c3csc(C(N)=O)c3)ccc2s1. The largest absolute Gasteiger partial charge is 0.365 e. The van der Waals surface area contributed by atoms with Crippen molar-refractivity contribution in [2.75, 3.05) is 0 Å². The van der Waals surface area contributed by atoms with Crippen molar-refractivity contribution in [3.8, 4) is 11.1 Å². The minimum atomic E-state index is -0.378. The summed E-state index contributed by atoms with van der Waals surface area (Å²) in [6, 6.07) is 7.99. The number of thiophene rings is 1. The van der Waals surface area contributed by atoms with Crippen LogP contribution in [-0.2, 0) is 0 Å². The van der Waals surface area contributed by atoms with Crippen LogP contribution in [0.3, 0.4) is 0 Å². The number of thiazole rings is 1. The highest BCUT2D eigenvalue weighted by Crippen LogP contribution is 2.30. The molecule has 3 nitrogen and oxygen atoms in total. The van der Waals surface area contributed by atoms with E-state index in [-0.39, 0.29) is 5.91 Å². The van der Waals surface area contributed by atoms with E-state index < -0.39 is 0 Å². The maximum absolute atomic E-state index is 11.1. The van der Waals surface area contributed by atoms with Gasteiger partial charge in [0.05, 0.1) is 20.1 Å². The number of aromatic nitrogens is 1. The van der Waals surface area contributed by atoms with Gasteiger partial charge in [0.1, 0.15) is 0 Å². The lowest BCUT2D eigenvalue weighted by atomic mass is 10.1. The van der Waals surface area contributed by atoms with Crippen molar-refractivity contribution in [3.63, 3.8) is 0 Å². The van der Waals surface area contributed by atoms with Gasteiger partial charge in [-0.15, -0.1) is 22.7 Å². The molecule has 2 N–H and O–H groups in total. The zero-order chi connectivity index (χ0) is 12.7. The molecule has 3 rings (SSSR count). The number of carbonyl (C=O) groups is 1. The third-order valence-corrected chi connectivity index (χ3v) is 4.57. The van der Waals surface area contributed by atoms with Gasteiger partial charge in [-0.25, -0.2) is 4.98 Å². The van der Waals surface area contributed by atoms with Crippen molar-refractivity contribution in [2.45, 2.75) is 6.92 Å². The second-order valence-electron chi connectivity index (χ2n) is 3.98. The Morgan fingerprint density at radius 2 is 2.11 bits per heavy atom. The topological polar surface area (TPSA) is 56.0 Å². The van der Waals surface area contributed by atoms with Crippen molar-refractivity contribution >= 4 is 38.8 Å². The van der Waals surface area contributed by atoms with Gasteiger partial charge in [0.25, 0.3) is 5.91 Å². The summed E-state index contributed by atoms with van der Waals surface area (Å²) in [5, 5.41) is 3.01. The Kier molecular flexibility index (Phi) is 2.65. The molecule has 2 aromatic heterocycles. The number of nitrogens with two attached hydrogens (primary N) is 1. The number of fused-ring (bicyclic) bond motifs is 1. The lowest BCUT2D eigenvalue weighted by Gasteiger charge is -1.96. The maximum atomic E-state index is 11.1. The van der Waals surface area contributed by atoms with E-state index in [2.05, 4.69) is 11.1 Å². The third-order valence-electron chi connectivity index (χ3n) is 2.67. The highest BCUT2D eigenvalue weighted by atomic mass is 32.1. The van der Waals surface area contributed by atoms with Gasteiger partial charge in [-0.3, -0.25) is 4.79 Å². The Balaban J connectivity index is 2.09. The van der Waals surface area contributed by atoms with E-state index in [1.54, 1.807) is 11.3 Å². The minimum absolute atomic E-state index is 0.378. The summed E-state index contributed by atoms with van der Waals surface area (Å²) in [5.74, 6) is -0.378. The number of primary amides is 1. The lowest BCUT2D eigenvalue weighted by Crippen LogP contribution is -2.08. The molecule has 2 heterocycles. The number of hydrogen-bond acceptors (Lipinski definition) is 4. The number of rotatable bonds is 2. The summed E-state index contributed by atoms with van der Waals surface area (Å²) in [4.78, 5) is 16.1. The quantitative estimate of drug-likeness (QED) is 0.778. The molecule has 0 bridgehead atoms. The fraction of sp³-hybridized carbons (Fsp3) is 0.0769. The molecular weight excluding hydrogens is 264 g/mol. The van der Waals surface area contributed by atoms with Gasteiger partial charge in [-0.2, -0.15) is 0 Å². The van der Waals surface area contributed by atoms with E-state index in [9.17, 15) is 4.79 Å². The Morgan fingerprint density at radius 3 is 2.83 bits per heavy atom. The van der Waals surface area contributed by atoms with Crippen molar-refractivity contribution < 1.29 is 4.79 Å². The smallest absolute Gasteiger partial charge is 0.258 e. The van der Waals surface area contributed by atoms with Crippen molar-refractivity contribution in [1.82, 2.24) is 4.98 Å². The summed E-state index contributed by atoms with van der Waals surface area (Å²) >= 11 is 3.05. The standard InChI is InChI=1S/C13H10N2OS2/c1-7-15-10-4-8(2-3-11(10)18-7)9-5-12(13(14)16)17-6-9/h2-6H,1H3,(H2,14,16). The van der Waals surface area contributed by atoms with Gasteiger partial charge in [0, 0.05) is 0 Å². The summed E-state index contributed by atoms with van der Waals surface area (Å²) in [6.45, 7) is 2.00. The van der Waals surface area contributed by atoms with Crippen LogP contribution in [0.2, 0.25) is 0 Å². The average Bonchev–Trinajstić information content (AvgIpc) is 2.91. The number of amides is 1. The maximum Gasteiger partial charge on any atom is 0.258 e. The number of hydrogen-bond donors (Lipinski definition) is 1. The van der Waals surface area contributed by atoms with E-state index in [0.29, 0.717) is 4.88 Å². The molecule has 90 valence electrons. The highest BCUT2D eigenvalue weighted by Gasteiger charge is 2.08. The molecule has 0 radical (unpaired) electrons. The Hall–Kier alpha value is -1.72. The van der Waals surface area contributed by atoms with Gasteiger partial charge in [0.15, 0.2) is 0 Å². The number of nitrogens with zero attached hydrogens (tertiary/aromatic N) is 1. The first-order valence-electron chi connectivity index (χ1n) is 5.39. The van der Waals surface area contributed by atoms with Crippen LogP contribution in [0, 0.1) is 6.92 Å². The molecule has 0 aliphatic heterocycles. The van der Waals surface area contributed by atoms with E-state index in [4.69, 9.17) is 5.73 Å². The first-order chi connectivity index (χ1) is 8.63. The Bertz CT molecular complexity index is 742. The van der Waals surface area contributed by atoms with Crippen LogP contribution in [-0.4, -0.2) is 10.9 Å². The summed E-state index contributed by atoms with van der Waals surface area (Å²) in [6.07, 6.45) is 0. The molecule has 3 aromatic rings. The Morgan fingerprint density at radius 1 is 1.28 bits per heavy atom. The minimum Gasteiger partial charge on any atom is -0.365 e. The van der Waals surface area contributed by atoms with Crippen LogP contribution >= 0.6 is 22.7 Å². The van der Waals surface area contributed by atoms with Gasteiger partial charge < -0.3 is 5.73 Å².